The van der Waals surface area contributed by atoms with Gasteiger partial charge in [0.25, 0.3) is 11.1 Å². The number of amides is 2. The number of aryl methyl sites for hydroxylation is 1. The molecule has 0 N–H and O–H groups in total. The van der Waals surface area contributed by atoms with Crippen LogP contribution in [0.15, 0.2) is 35.8 Å². The number of anilines is 1. The summed E-state index contributed by atoms with van der Waals surface area (Å²) >= 11 is 0.998. The third kappa shape index (κ3) is 3.41. The van der Waals surface area contributed by atoms with Crippen molar-refractivity contribution in [2.24, 2.45) is 0 Å². The highest BCUT2D eigenvalue weighted by Gasteiger charge is 2.34. The largest absolute Gasteiger partial charge is 0.372 e. The van der Waals surface area contributed by atoms with Gasteiger partial charge >= 0.3 is 0 Å². The molecule has 5 heteroatoms. The molecule has 4 nitrogen and oxygen atoms in total. The summed E-state index contributed by atoms with van der Waals surface area (Å²) in [6.45, 7) is 8.12. The molecule has 3 rings (SSSR count). The van der Waals surface area contributed by atoms with E-state index in [0.29, 0.717) is 4.91 Å². The highest BCUT2D eigenvalue weighted by molar-refractivity contribution is 8.18. The highest BCUT2D eigenvalue weighted by atomic mass is 32.2. The molecule has 2 amide bonds. The van der Waals surface area contributed by atoms with Crippen molar-refractivity contribution in [3.05, 3.63) is 46.9 Å². The summed E-state index contributed by atoms with van der Waals surface area (Å²) in [4.78, 5) is 28.3. The Morgan fingerprint density at radius 1 is 1.21 bits per heavy atom. The number of benzene rings is 1. The van der Waals surface area contributed by atoms with Crippen molar-refractivity contribution in [2.75, 3.05) is 24.5 Å². The minimum Gasteiger partial charge on any atom is -0.372 e. The Kier molecular flexibility index (Phi) is 5.09. The lowest BCUT2D eigenvalue weighted by molar-refractivity contribution is -0.122. The van der Waals surface area contributed by atoms with Crippen molar-refractivity contribution in [2.45, 2.75) is 26.2 Å². The van der Waals surface area contributed by atoms with Crippen LogP contribution in [0.1, 0.15) is 30.4 Å². The molecule has 1 aromatic carbocycles. The minimum atomic E-state index is -0.232. The van der Waals surface area contributed by atoms with Crippen LogP contribution in [0, 0.1) is 6.92 Å². The molecular formula is C19H22N2O2S. The number of thioether (sulfide) groups is 1. The van der Waals surface area contributed by atoms with E-state index in [0.717, 1.165) is 36.0 Å². The third-order valence-corrected chi connectivity index (χ3v) is 5.35. The van der Waals surface area contributed by atoms with E-state index in [2.05, 4.69) is 23.6 Å². The average Bonchev–Trinajstić information content (AvgIpc) is 2.85. The van der Waals surface area contributed by atoms with E-state index in [1.54, 1.807) is 6.08 Å². The Bertz CT molecular complexity index is 705. The van der Waals surface area contributed by atoms with Crippen molar-refractivity contribution in [1.29, 1.82) is 0 Å². The minimum absolute atomic E-state index is 0.228. The molecule has 126 valence electrons. The van der Waals surface area contributed by atoms with Crippen LogP contribution < -0.4 is 4.90 Å². The second kappa shape index (κ2) is 7.26. The van der Waals surface area contributed by atoms with Crippen LogP contribution in [0.25, 0.3) is 6.08 Å². The van der Waals surface area contributed by atoms with Crippen molar-refractivity contribution < 1.29 is 9.59 Å². The summed E-state index contributed by atoms with van der Waals surface area (Å²) in [5, 5.41) is -0.228. The zero-order valence-corrected chi connectivity index (χ0v) is 14.8. The van der Waals surface area contributed by atoms with Crippen molar-refractivity contribution in [1.82, 2.24) is 4.90 Å². The Morgan fingerprint density at radius 2 is 1.96 bits per heavy atom. The monoisotopic (exact) mass is 342 g/mol. The fourth-order valence-corrected chi connectivity index (χ4v) is 3.94. The van der Waals surface area contributed by atoms with E-state index in [1.165, 1.54) is 29.8 Å². The first kappa shape index (κ1) is 16.8. The second-order valence-corrected chi connectivity index (χ2v) is 7.16. The number of carbonyl (C=O) groups excluding carboxylic acids is 2. The molecule has 2 heterocycles. The van der Waals surface area contributed by atoms with Crippen LogP contribution in [-0.2, 0) is 4.79 Å². The van der Waals surface area contributed by atoms with Gasteiger partial charge in [0.1, 0.15) is 0 Å². The number of hydrogen-bond donors (Lipinski definition) is 0. The molecule has 0 spiro atoms. The Hall–Kier alpha value is -2.01. The topological polar surface area (TPSA) is 40.6 Å². The molecule has 0 unspecified atom stereocenters. The van der Waals surface area contributed by atoms with Crippen LogP contribution >= 0.6 is 11.8 Å². The van der Waals surface area contributed by atoms with E-state index in [1.807, 2.05) is 19.1 Å². The zero-order chi connectivity index (χ0) is 17.1. The molecule has 2 saturated heterocycles. The zero-order valence-electron chi connectivity index (χ0n) is 14.0. The normalized spacial score (nSPS) is 20.1. The molecule has 0 saturated carbocycles. The van der Waals surface area contributed by atoms with Crippen LogP contribution in [0.3, 0.4) is 0 Å². The van der Waals surface area contributed by atoms with Crippen LogP contribution in [-0.4, -0.2) is 35.7 Å². The van der Waals surface area contributed by atoms with E-state index in [4.69, 9.17) is 0 Å². The number of piperidine rings is 1. The first-order chi connectivity index (χ1) is 11.6. The highest BCUT2D eigenvalue weighted by Crippen LogP contribution is 2.33. The number of nitrogens with zero attached hydrogens (tertiary/aromatic N) is 2. The van der Waals surface area contributed by atoms with Gasteiger partial charge < -0.3 is 4.90 Å². The van der Waals surface area contributed by atoms with Gasteiger partial charge in [-0.1, -0.05) is 12.1 Å². The molecule has 2 aliphatic rings. The Morgan fingerprint density at radius 3 is 2.62 bits per heavy atom. The lowest BCUT2D eigenvalue weighted by atomic mass is 10.0. The van der Waals surface area contributed by atoms with Gasteiger partial charge in [0, 0.05) is 25.3 Å². The maximum atomic E-state index is 12.3. The van der Waals surface area contributed by atoms with E-state index in [-0.39, 0.29) is 17.7 Å². The van der Waals surface area contributed by atoms with Gasteiger partial charge in [-0.3, -0.25) is 14.5 Å². The summed E-state index contributed by atoms with van der Waals surface area (Å²) in [6, 6.07) is 6.32. The maximum Gasteiger partial charge on any atom is 0.293 e. The molecular weight excluding hydrogens is 320 g/mol. The number of carbonyl (C=O) groups is 2. The summed E-state index contributed by atoms with van der Waals surface area (Å²) in [5.74, 6) is -0.232. The van der Waals surface area contributed by atoms with Gasteiger partial charge in [0.2, 0.25) is 0 Å². The summed E-state index contributed by atoms with van der Waals surface area (Å²) in [7, 11) is 0. The quantitative estimate of drug-likeness (QED) is 0.607. The van der Waals surface area contributed by atoms with Gasteiger partial charge in [-0.25, -0.2) is 0 Å². The predicted octanol–water partition coefficient (Wildman–Crippen LogP) is 4.21. The second-order valence-electron chi connectivity index (χ2n) is 6.17. The third-order valence-electron chi connectivity index (χ3n) is 4.45. The Balaban J connectivity index is 1.81. The summed E-state index contributed by atoms with van der Waals surface area (Å²) in [6.07, 6.45) is 7.20. The molecule has 0 aromatic heterocycles. The molecule has 2 aliphatic heterocycles. The predicted molar refractivity (Wildman–Crippen MR) is 100 cm³/mol. The van der Waals surface area contributed by atoms with E-state index in [9.17, 15) is 9.59 Å². The molecule has 0 aliphatic carbocycles. The lowest BCUT2D eigenvalue weighted by Crippen LogP contribution is -2.29. The standard InChI is InChI=1S/C19H22N2O2S/c1-3-9-21-18(22)17(24-19(21)23)13-15-7-8-16(12-14(15)2)20-10-5-4-6-11-20/h3,7-8,12-13H,1,4-6,9-11H2,2H3/b17-13-. The molecule has 0 bridgehead atoms. The Labute approximate surface area is 147 Å². The van der Waals surface area contributed by atoms with Crippen LogP contribution in [0.5, 0.6) is 0 Å². The van der Waals surface area contributed by atoms with Gasteiger partial charge in [0.05, 0.1) is 4.91 Å². The van der Waals surface area contributed by atoms with Crippen molar-refractivity contribution >= 4 is 34.7 Å². The lowest BCUT2D eigenvalue weighted by Gasteiger charge is -2.29. The first-order valence-corrected chi connectivity index (χ1v) is 9.13. The SMILES string of the molecule is C=CCN1C(=O)S/C(=C\c2ccc(N3CCCCC3)cc2C)C1=O. The van der Waals surface area contributed by atoms with Gasteiger partial charge in [0.15, 0.2) is 0 Å². The average molecular weight is 342 g/mol. The van der Waals surface area contributed by atoms with Gasteiger partial charge in [-0.05, 0) is 67.3 Å². The van der Waals surface area contributed by atoms with Crippen molar-refractivity contribution in [3.63, 3.8) is 0 Å². The summed E-state index contributed by atoms with van der Waals surface area (Å²) in [5.41, 5.74) is 3.34. The molecule has 0 radical (unpaired) electrons. The van der Waals surface area contributed by atoms with Crippen molar-refractivity contribution in [3.8, 4) is 0 Å². The summed E-state index contributed by atoms with van der Waals surface area (Å²) < 4.78 is 0. The smallest absolute Gasteiger partial charge is 0.293 e. The van der Waals surface area contributed by atoms with E-state index < -0.39 is 0 Å². The first-order valence-electron chi connectivity index (χ1n) is 8.32. The molecule has 0 atom stereocenters. The van der Waals surface area contributed by atoms with Gasteiger partial charge in [-0.2, -0.15) is 0 Å². The molecule has 1 aromatic rings. The van der Waals surface area contributed by atoms with Crippen LogP contribution in [0.2, 0.25) is 0 Å². The fourth-order valence-electron chi connectivity index (χ4n) is 3.10. The number of rotatable bonds is 4. The molecule has 2 fully saturated rings. The number of hydrogen-bond acceptors (Lipinski definition) is 4. The fraction of sp³-hybridized carbons (Fsp3) is 0.368. The van der Waals surface area contributed by atoms with Crippen LogP contribution in [0.4, 0.5) is 10.5 Å². The molecule has 24 heavy (non-hydrogen) atoms. The van der Waals surface area contributed by atoms with E-state index >= 15 is 0 Å². The maximum absolute atomic E-state index is 12.3. The number of imide groups is 1. The van der Waals surface area contributed by atoms with Gasteiger partial charge in [-0.15, -0.1) is 6.58 Å².